The van der Waals surface area contributed by atoms with E-state index in [2.05, 4.69) is 17.2 Å². The first-order chi connectivity index (χ1) is 10.7. The highest BCUT2D eigenvalue weighted by atomic mass is 32.1. The molecule has 0 unspecified atom stereocenters. The van der Waals surface area contributed by atoms with Crippen LogP contribution in [0.15, 0.2) is 41.1 Å². The Hall–Kier alpha value is -2.78. The Morgan fingerprint density at radius 1 is 1.23 bits per heavy atom. The molecule has 0 atom stereocenters. The molecule has 3 N–H and O–H groups in total. The van der Waals surface area contributed by atoms with Crippen molar-refractivity contribution in [1.29, 1.82) is 0 Å². The molecule has 0 aliphatic heterocycles. The maximum atomic E-state index is 11.6. The molecule has 1 aromatic heterocycles. The molecular formula is C16H14N2O3S. The molecule has 5 nitrogen and oxygen atoms in total. The molecule has 2 aromatic rings. The van der Waals surface area contributed by atoms with Gasteiger partial charge in [-0.15, -0.1) is 0 Å². The molecule has 22 heavy (non-hydrogen) atoms. The number of carbonyl (C=O) groups is 2. The van der Waals surface area contributed by atoms with Crippen LogP contribution in [0, 0.1) is 11.8 Å². The van der Waals surface area contributed by atoms with Gasteiger partial charge < -0.3 is 15.8 Å². The van der Waals surface area contributed by atoms with Crippen molar-refractivity contribution in [2.24, 2.45) is 5.73 Å². The largest absolute Gasteiger partial charge is 0.480 e. The number of para-hydroxylation sites is 1. The van der Waals surface area contributed by atoms with Crippen LogP contribution >= 0.6 is 11.3 Å². The second-order valence-corrected chi connectivity index (χ2v) is 4.98. The van der Waals surface area contributed by atoms with Crippen LogP contribution in [0.2, 0.25) is 0 Å². The lowest BCUT2D eigenvalue weighted by Crippen LogP contribution is -2.23. The van der Waals surface area contributed by atoms with E-state index in [0.717, 1.165) is 0 Å². The molecule has 1 heterocycles. The maximum absolute atomic E-state index is 11.6. The SMILES string of the molecule is NC(=O)c1ccccc1OCC#CCNC(=O)c1ccsc1. The molecule has 0 aliphatic carbocycles. The molecule has 0 spiro atoms. The summed E-state index contributed by atoms with van der Waals surface area (Å²) in [4.78, 5) is 22.8. The zero-order valence-corrected chi connectivity index (χ0v) is 12.5. The van der Waals surface area contributed by atoms with Crippen LogP contribution < -0.4 is 15.8 Å². The lowest BCUT2D eigenvalue weighted by molar-refractivity contribution is 0.0957. The Morgan fingerprint density at radius 3 is 2.77 bits per heavy atom. The van der Waals surface area contributed by atoms with Gasteiger partial charge in [0.1, 0.15) is 12.4 Å². The summed E-state index contributed by atoms with van der Waals surface area (Å²) in [6.07, 6.45) is 0. The quantitative estimate of drug-likeness (QED) is 0.824. The molecule has 0 saturated heterocycles. The van der Waals surface area contributed by atoms with Crippen molar-refractivity contribution in [1.82, 2.24) is 5.32 Å². The first kappa shape index (κ1) is 15.6. The van der Waals surface area contributed by atoms with Crippen molar-refractivity contribution in [3.8, 4) is 17.6 Å². The van der Waals surface area contributed by atoms with Gasteiger partial charge >= 0.3 is 0 Å². The van der Waals surface area contributed by atoms with Crippen LogP contribution in [0.5, 0.6) is 5.75 Å². The molecular weight excluding hydrogens is 300 g/mol. The lowest BCUT2D eigenvalue weighted by atomic mass is 10.2. The van der Waals surface area contributed by atoms with E-state index < -0.39 is 5.91 Å². The van der Waals surface area contributed by atoms with E-state index in [9.17, 15) is 9.59 Å². The van der Waals surface area contributed by atoms with Gasteiger partial charge in [0.05, 0.1) is 17.7 Å². The summed E-state index contributed by atoms with van der Waals surface area (Å²) in [6.45, 7) is 0.341. The number of rotatable bonds is 5. The van der Waals surface area contributed by atoms with Gasteiger partial charge in [-0.05, 0) is 23.6 Å². The third-order valence-corrected chi connectivity index (χ3v) is 3.38. The third-order valence-electron chi connectivity index (χ3n) is 2.70. The van der Waals surface area contributed by atoms with E-state index in [4.69, 9.17) is 10.5 Å². The number of hydrogen-bond donors (Lipinski definition) is 2. The van der Waals surface area contributed by atoms with E-state index in [0.29, 0.717) is 16.9 Å². The van der Waals surface area contributed by atoms with E-state index in [-0.39, 0.29) is 19.1 Å². The zero-order chi connectivity index (χ0) is 15.8. The lowest BCUT2D eigenvalue weighted by Gasteiger charge is -2.05. The molecule has 6 heteroatoms. The van der Waals surface area contributed by atoms with Crippen molar-refractivity contribution in [2.75, 3.05) is 13.2 Å². The van der Waals surface area contributed by atoms with Crippen LogP contribution in [0.3, 0.4) is 0 Å². The van der Waals surface area contributed by atoms with Gasteiger partial charge in [-0.3, -0.25) is 9.59 Å². The molecule has 0 saturated carbocycles. The number of benzene rings is 1. The van der Waals surface area contributed by atoms with Crippen LogP contribution in [-0.4, -0.2) is 25.0 Å². The van der Waals surface area contributed by atoms with Gasteiger partial charge in [-0.25, -0.2) is 0 Å². The van der Waals surface area contributed by atoms with Crippen LogP contribution in [0.25, 0.3) is 0 Å². The minimum atomic E-state index is -0.549. The molecule has 2 amide bonds. The number of nitrogens with one attached hydrogen (secondary N) is 1. The third kappa shape index (κ3) is 4.36. The monoisotopic (exact) mass is 314 g/mol. The van der Waals surface area contributed by atoms with Crippen LogP contribution in [-0.2, 0) is 0 Å². The molecule has 0 fully saturated rings. The minimum Gasteiger partial charge on any atom is -0.480 e. The smallest absolute Gasteiger partial charge is 0.252 e. The van der Waals surface area contributed by atoms with E-state index in [1.54, 1.807) is 35.7 Å². The zero-order valence-electron chi connectivity index (χ0n) is 11.7. The summed E-state index contributed by atoms with van der Waals surface area (Å²) in [5.74, 6) is 5.23. The number of amides is 2. The van der Waals surface area contributed by atoms with Gasteiger partial charge in [0.25, 0.3) is 11.8 Å². The molecule has 1 aromatic carbocycles. The van der Waals surface area contributed by atoms with E-state index in [1.807, 2.05) is 5.38 Å². The minimum absolute atomic E-state index is 0.110. The average Bonchev–Trinajstić information content (AvgIpc) is 3.05. The number of hydrogen-bond acceptors (Lipinski definition) is 4. The molecule has 0 bridgehead atoms. The highest BCUT2D eigenvalue weighted by molar-refractivity contribution is 7.08. The fourth-order valence-corrected chi connectivity index (χ4v) is 2.28. The number of ether oxygens (including phenoxy) is 1. The number of carbonyl (C=O) groups excluding carboxylic acids is 2. The second kappa shape index (κ2) is 7.86. The topological polar surface area (TPSA) is 81.4 Å². The van der Waals surface area contributed by atoms with Crippen molar-refractivity contribution in [3.05, 3.63) is 52.2 Å². The fraction of sp³-hybridized carbons (Fsp3) is 0.125. The predicted octanol–water partition coefficient (Wildman–Crippen LogP) is 1.66. The van der Waals surface area contributed by atoms with Gasteiger partial charge in [0.15, 0.2) is 0 Å². The normalized spacial score (nSPS) is 9.45. The summed E-state index contributed by atoms with van der Waals surface area (Å²) in [7, 11) is 0. The van der Waals surface area contributed by atoms with Crippen molar-refractivity contribution < 1.29 is 14.3 Å². The first-order valence-electron chi connectivity index (χ1n) is 6.46. The van der Waals surface area contributed by atoms with Crippen LogP contribution in [0.4, 0.5) is 0 Å². The average molecular weight is 314 g/mol. The number of primary amides is 1. The Labute approximate surface area is 132 Å². The summed E-state index contributed by atoms with van der Waals surface area (Å²) < 4.78 is 5.39. The summed E-state index contributed by atoms with van der Waals surface area (Å²) in [5, 5.41) is 6.29. The molecule has 112 valence electrons. The van der Waals surface area contributed by atoms with Crippen molar-refractivity contribution in [3.63, 3.8) is 0 Å². The predicted molar refractivity (Wildman–Crippen MR) is 84.9 cm³/mol. The van der Waals surface area contributed by atoms with Gasteiger partial charge in [-0.1, -0.05) is 24.0 Å². The molecule has 0 aliphatic rings. The molecule has 0 radical (unpaired) electrons. The van der Waals surface area contributed by atoms with E-state index in [1.165, 1.54) is 11.3 Å². The Kier molecular flexibility index (Phi) is 5.57. The summed E-state index contributed by atoms with van der Waals surface area (Å²) >= 11 is 1.46. The Balaban J connectivity index is 1.78. The Bertz CT molecular complexity index is 714. The second-order valence-electron chi connectivity index (χ2n) is 4.20. The maximum Gasteiger partial charge on any atom is 0.252 e. The Morgan fingerprint density at radius 2 is 2.05 bits per heavy atom. The first-order valence-corrected chi connectivity index (χ1v) is 7.40. The summed E-state index contributed by atoms with van der Waals surface area (Å²) in [6, 6.07) is 8.44. The van der Waals surface area contributed by atoms with Crippen molar-refractivity contribution >= 4 is 23.2 Å². The number of nitrogens with two attached hydrogens (primary N) is 1. The van der Waals surface area contributed by atoms with Gasteiger partial charge in [0, 0.05) is 5.38 Å². The molecule has 2 rings (SSSR count). The van der Waals surface area contributed by atoms with E-state index >= 15 is 0 Å². The standard InChI is InChI=1S/C16H14N2O3S/c17-15(19)13-5-1-2-6-14(13)21-9-4-3-8-18-16(20)12-7-10-22-11-12/h1-2,5-7,10-11H,8-9H2,(H2,17,19)(H,18,20). The highest BCUT2D eigenvalue weighted by Crippen LogP contribution is 2.16. The number of thiophene rings is 1. The fourth-order valence-electron chi connectivity index (χ4n) is 1.64. The highest BCUT2D eigenvalue weighted by Gasteiger charge is 2.07. The van der Waals surface area contributed by atoms with Gasteiger partial charge in [-0.2, -0.15) is 11.3 Å². The summed E-state index contributed by atoms with van der Waals surface area (Å²) in [5.41, 5.74) is 6.18. The van der Waals surface area contributed by atoms with Crippen molar-refractivity contribution in [2.45, 2.75) is 0 Å². The van der Waals surface area contributed by atoms with Gasteiger partial charge in [0.2, 0.25) is 0 Å². The van der Waals surface area contributed by atoms with Crippen LogP contribution in [0.1, 0.15) is 20.7 Å².